The van der Waals surface area contributed by atoms with Gasteiger partial charge in [-0.2, -0.15) is 0 Å². The van der Waals surface area contributed by atoms with E-state index >= 15 is 0 Å². The van der Waals surface area contributed by atoms with Gasteiger partial charge in [-0.1, -0.05) is 199 Å². The number of hydrogen-bond donors (Lipinski definition) is 3. The second-order valence-electron chi connectivity index (χ2n) is 16.4. The highest BCUT2D eigenvalue weighted by Gasteiger charge is 2.20. The van der Waals surface area contributed by atoms with Crippen LogP contribution in [-0.2, 0) is 14.3 Å². The van der Waals surface area contributed by atoms with Crippen molar-refractivity contribution in [3.63, 3.8) is 0 Å². The van der Waals surface area contributed by atoms with E-state index in [0.717, 1.165) is 77.0 Å². The van der Waals surface area contributed by atoms with Crippen molar-refractivity contribution in [2.24, 2.45) is 0 Å². The Morgan fingerprint density at radius 3 is 1.31 bits per heavy atom. The van der Waals surface area contributed by atoms with Crippen molar-refractivity contribution in [1.29, 1.82) is 0 Å². The first-order valence-electron chi connectivity index (χ1n) is 23.9. The van der Waals surface area contributed by atoms with Crippen LogP contribution in [0.4, 0.5) is 0 Å². The average Bonchev–Trinajstić information content (AvgIpc) is 3.17. The Bertz CT molecular complexity index is 802. The van der Waals surface area contributed by atoms with Crippen molar-refractivity contribution in [2.45, 2.75) is 270 Å². The van der Waals surface area contributed by atoms with Crippen LogP contribution in [-0.4, -0.2) is 47.4 Å². The van der Waals surface area contributed by atoms with E-state index in [1.165, 1.54) is 148 Å². The van der Waals surface area contributed by atoms with Crippen LogP contribution in [0.1, 0.15) is 258 Å². The van der Waals surface area contributed by atoms with Crippen LogP contribution in [0, 0.1) is 0 Å². The van der Waals surface area contributed by atoms with Gasteiger partial charge >= 0.3 is 5.97 Å². The molecular weight excluding hydrogens is 671 g/mol. The van der Waals surface area contributed by atoms with E-state index < -0.39 is 12.1 Å². The maximum Gasteiger partial charge on any atom is 0.305 e. The number of allylic oxidation sites excluding steroid dienone is 2. The van der Waals surface area contributed by atoms with E-state index in [4.69, 9.17) is 4.74 Å². The Morgan fingerprint density at radius 1 is 0.500 bits per heavy atom. The standard InChI is InChI=1S/C48H93NO5/c1-3-5-7-9-11-13-15-16-17-22-26-30-34-38-42-48(53)54-43-39-35-31-27-23-19-18-21-25-29-33-37-41-47(52)49-45(44-50)46(51)40-36-32-28-24-20-14-12-10-8-6-4-2/h19,23,45-46,50-51H,3-18,20-22,24-44H2,1-2H3,(H,49,52)/b23-19-. The number of rotatable bonds is 44. The summed E-state index contributed by atoms with van der Waals surface area (Å²) in [5.41, 5.74) is 0. The number of esters is 1. The number of nitrogens with one attached hydrogen (secondary N) is 1. The van der Waals surface area contributed by atoms with E-state index in [-0.39, 0.29) is 18.5 Å². The van der Waals surface area contributed by atoms with Gasteiger partial charge in [0.25, 0.3) is 0 Å². The molecule has 0 fully saturated rings. The summed E-state index contributed by atoms with van der Waals surface area (Å²) in [5.74, 6) is -0.0826. The van der Waals surface area contributed by atoms with Gasteiger partial charge in [-0.15, -0.1) is 0 Å². The number of unbranched alkanes of at least 4 members (excludes halogenated alkanes) is 31. The van der Waals surface area contributed by atoms with Gasteiger partial charge < -0.3 is 20.3 Å². The average molecular weight is 764 g/mol. The van der Waals surface area contributed by atoms with Gasteiger partial charge in [-0.25, -0.2) is 0 Å². The lowest BCUT2D eigenvalue weighted by Crippen LogP contribution is -2.45. The molecule has 320 valence electrons. The van der Waals surface area contributed by atoms with Gasteiger partial charge in [0.2, 0.25) is 5.91 Å². The number of carbonyl (C=O) groups is 2. The van der Waals surface area contributed by atoms with Gasteiger partial charge in [0.1, 0.15) is 0 Å². The molecule has 0 aliphatic rings. The zero-order chi connectivity index (χ0) is 39.4. The number of aliphatic hydroxyl groups excluding tert-OH is 2. The minimum absolute atomic E-state index is 0.0208. The molecule has 0 aliphatic carbocycles. The van der Waals surface area contributed by atoms with E-state index in [2.05, 4.69) is 31.3 Å². The molecule has 0 heterocycles. The van der Waals surface area contributed by atoms with Crippen molar-refractivity contribution >= 4 is 11.9 Å². The minimum Gasteiger partial charge on any atom is -0.466 e. The third-order valence-corrected chi connectivity index (χ3v) is 11.1. The molecule has 2 unspecified atom stereocenters. The molecule has 54 heavy (non-hydrogen) atoms. The van der Waals surface area contributed by atoms with Crippen molar-refractivity contribution in [3.8, 4) is 0 Å². The molecule has 0 radical (unpaired) electrons. The summed E-state index contributed by atoms with van der Waals surface area (Å²) in [7, 11) is 0. The minimum atomic E-state index is -0.677. The van der Waals surface area contributed by atoms with Crippen molar-refractivity contribution in [3.05, 3.63) is 12.2 Å². The summed E-state index contributed by atoms with van der Waals surface area (Å²) in [6, 6.07) is -0.557. The monoisotopic (exact) mass is 764 g/mol. The molecule has 0 aromatic rings. The fourth-order valence-electron chi connectivity index (χ4n) is 7.34. The smallest absolute Gasteiger partial charge is 0.305 e. The summed E-state index contributed by atoms with van der Waals surface area (Å²) in [6.07, 6.45) is 48.9. The lowest BCUT2D eigenvalue weighted by molar-refractivity contribution is -0.143. The topological polar surface area (TPSA) is 95.9 Å². The van der Waals surface area contributed by atoms with Crippen LogP contribution in [0.5, 0.6) is 0 Å². The number of ether oxygens (including phenoxy) is 1. The molecule has 0 aromatic carbocycles. The van der Waals surface area contributed by atoms with Gasteiger partial charge in [-0.05, 0) is 57.8 Å². The Hall–Kier alpha value is -1.40. The van der Waals surface area contributed by atoms with Crippen LogP contribution in [0.25, 0.3) is 0 Å². The van der Waals surface area contributed by atoms with Crippen LogP contribution in [0.15, 0.2) is 12.2 Å². The number of carbonyl (C=O) groups excluding carboxylic acids is 2. The molecule has 6 heteroatoms. The van der Waals surface area contributed by atoms with Crippen LogP contribution >= 0.6 is 0 Å². The van der Waals surface area contributed by atoms with E-state index in [9.17, 15) is 19.8 Å². The first-order valence-corrected chi connectivity index (χ1v) is 23.9. The van der Waals surface area contributed by atoms with Crippen LogP contribution in [0.2, 0.25) is 0 Å². The number of hydrogen-bond acceptors (Lipinski definition) is 5. The van der Waals surface area contributed by atoms with E-state index in [1.807, 2.05) is 0 Å². The second-order valence-corrected chi connectivity index (χ2v) is 16.4. The summed E-state index contributed by atoms with van der Waals surface area (Å²) in [4.78, 5) is 24.4. The molecule has 0 aromatic heterocycles. The number of amides is 1. The second kappa shape index (κ2) is 44.3. The Labute approximate surface area is 336 Å². The first-order chi connectivity index (χ1) is 26.5. The fraction of sp³-hybridized carbons (Fsp3) is 0.917. The van der Waals surface area contributed by atoms with E-state index in [1.54, 1.807) is 0 Å². The maximum absolute atomic E-state index is 12.4. The quantitative estimate of drug-likeness (QED) is 0.0326. The van der Waals surface area contributed by atoms with Crippen molar-refractivity contribution in [1.82, 2.24) is 5.32 Å². The predicted octanol–water partition coefficient (Wildman–Crippen LogP) is 13.8. The lowest BCUT2D eigenvalue weighted by Gasteiger charge is -2.22. The number of aliphatic hydroxyl groups is 2. The molecule has 3 N–H and O–H groups in total. The molecule has 1 amide bonds. The molecule has 0 rings (SSSR count). The van der Waals surface area contributed by atoms with E-state index in [0.29, 0.717) is 25.9 Å². The summed E-state index contributed by atoms with van der Waals surface area (Å²) < 4.78 is 5.44. The zero-order valence-corrected chi connectivity index (χ0v) is 36.2. The zero-order valence-electron chi connectivity index (χ0n) is 36.2. The highest BCUT2D eigenvalue weighted by atomic mass is 16.5. The SMILES string of the molecule is CCCCCCCCCCCCCCCCC(=O)OCCCCC/C=C\CCCCCCCC(=O)NC(CO)C(O)CCCCCCCCCCCCC. The molecule has 0 spiro atoms. The molecule has 2 atom stereocenters. The van der Waals surface area contributed by atoms with Gasteiger partial charge in [-0.3, -0.25) is 9.59 Å². The third-order valence-electron chi connectivity index (χ3n) is 11.1. The highest BCUT2D eigenvalue weighted by Crippen LogP contribution is 2.16. The molecule has 0 saturated heterocycles. The molecule has 6 nitrogen and oxygen atoms in total. The summed E-state index contributed by atoms with van der Waals surface area (Å²) in [6.45, 7) is 4.88. The first kappa shape index (κ1) is 52.6. The van der Waals surface area contributed by atoms with Gasteiger partial charge in [0.05, 0.1) is 25.4 Å². The molecular formula is C48H93NO5. The molecule has 0 saturated carbocycles. The van der Waals surface area contributed by atoms with Crippen molar-refractivity contribution in [2.75, 3.05) is 13.2 Å². The Kier molecular flexibility index (Phi) is 43.2. The molecule has 0 bridgehead atoms. The van der Waals surface area contributed by atoms with Crippen LogP contribution in [0.3, 0.4) is 0 Å². The maximum atomic E-state index is 12.4. The van der Waals surface area contributed by atoms with Gasteiger partial charge in [0.15, 0.2) is 0 Å². The molecule has 0 aliphatic heterocycles. The summed E-state index contributed by atoms with van der Waals surface area (Å²) >= 11 is 0. The van der Waals surface area contributed by atoms with Crippen LogP contribution < -0.4 is 5.32 Å². The normalized spacial score (nSPS) is 12.7. The Balaban J connectivity index is 3.49. The summed E-state index contributed by atoms with van der Waals surface area (Å²) in [5, 5.41) is 23.1. The largest absolute Gasteiger partial charge is 0.466 e. The van der Waals surface area contributed by atoms with Crippen molar-refractivity contribution < 1.29 is 24.5 Å². The highest BCUT2D eigenvalue weighted by molar-refractivity contribution is 5.76. The third kappa shape index (κ3) is 40.3. The Morgan fingerprint density at radius 2 is 0.870 bits per heavy atom. The lowest BCUT2D eigenvalue weighted by atomic mass is 10.0. The van der Waals surface area contributed by atoms with Gasteiger partial charge in [0, 0.05) is 12.8 Å². The predicted molar refractivity (Wildman–Crippen MR) is 232 cm³/mol. The fourth-order valence-corrected chi connectivity index (χ4v) is 7.34.